The zero-order chi connectivity index (χ0) is 15.6. The van der Waals surface area contributed by atoms with Gasteiger partial charge in [0, 0.05) is 0 Å². The fourth-order valence-electron chi connectivity index (χ4n) is 2.03. The number of carbonyl (C=O) groups excluding carboxylic acids is 1. The SMILES string of the molecule is CC(=O)c1cccc(F)c1Oc1cccc(C(C)(C)C)c1. The molecule has 0 saturated heterocycles. The van der Waals surface area contributed by atoms with E-state index >= 15 is 0 Å². The van der Waals surface area contributed by atoms with E-state index in [-0.39, 0.29) is 22.5 Å². The number of hydrogen-bond donors (Lipinski definition) is 0. The number of rotatable bonds is 3. The molecule has 0 aliphatic heterocycles. The summed E-state index contributed by atoms with van der Waals surface area (Å²) in [7, 11) is 0. The maximum absolute atomic E-state index is 14.0. The molecule has 110 valence electrons. The molecule has 0 aliphatic rings. The lowest BCUT2D eigenvalue weighted by atomic mass is 9.87. The first-order valence-corrected chi connectivity index (χ1v) is 6.87. The van der Waals surface area contributed by atoms with Crippen LogP contribution in [-0.2, 0) is 5.41 Å². The van der Waals surface area contributed by atoms with Gasteiger partial charge in [-0.05, 0) is 42.2 Å². The van der Waals surface area contributed by atoms with Crippen molar-refractivity contribution < 1.29 is 13.9 Å². The molecule has 0 spiro atoms. The maximum Gasteiger partial charge on any atom is 0.173 e. The molecule has 0 heterocycles. The number of benzene rings is 2. The van der Waals surface area contributed by atoms with Crippen LogP contribution in [0.5, 0.6) is 11.5 Å². The molecule has 0 unspecified atom stereocenters. The van der Waals surface area contributed by atoms with Gasteiger partial charge in [-0.2, -0.15) is 0 Å². The van der Waals surface area contributed by atoms with E-state index in [9.17, 15) is 9.18 Å². The van der Waals surface area contributed by atoms with Crippen molar-refractivity contribution in [1.82, 2.24) is 0 Å². The first-order chi connectivity index (χ1) is 9.79. The Morgan fingerprint density at radius 1 is 1.10 bits per heavy atom. The Morgan fingerprint density at radius 2 is 1.76 bits per heavy atom. The highest BCUT2D eigenvalue weighted by molar-refractivity contribution is 5.96. The van der Waals surface area contributed by atoms with Gasteiger partial charge in [-0.1, -0.05) is 39.0 Å². The Morgan fingerprint density at radius 3 is 2.38 bits per heavy atom. The van der Waals surface area contributed by atoms with Gasteiger partial charge in [-0.25, -0.2) is 4.39 Å². The minimum atomic E-state index is -0.538. The Labute approximate surface area is 124 Å². The van der Waals surface area contributed by atoms with Crippen LogP contribution in [0.4, 0.5) is 4.39 Å². The topological polar surface area (TPSA) is 26.3 Å². The van der Waals surface area contributed by atoms with E-state index < -0.39 is 5.82 Å². The smallest absolute Gasteiger partial charge is 0.173 e. The molecule has 2 aromatic rings. The molecule has 0 aromatic heterocycles. The summed E-state index contributed by atoms with van der Waals surface area (Å²) < 4.78 is 19.6. The van der Waals surface area contributed by atoms with Gasteiger partial charge in [0.15, 0.2) is 17.3 Å². The second kappa shape index (κ2) is 5.68. The van der Waals surface area contributed by atoms with Crippen molar-refractivity contribution in [2.24, 2.45) is 0 Å². The maximum atomic E-state index is 14.0. The molecule has 0 saturated carbocycles. The van der Waals surface area contributed by atoms with Crippen molar-refractivity contribution in [1.29, 1.82) is 0 Å². The average molecular weight is 286 g/mol. The van der Waals surface area contributed by atoms with E-state index in [1.165, 1.54) is 19.1 Å². The third-order valence-corrected chi connectivity index (χ3v) is 3.27. The van der Waals surface area contributed by atoms with Crippen molar-refractivity contribution >= 4 is 5.78 Å². The first kappa shape index (κ1) is 15.2. The highest BCUT2D eigenvalue weighted by atomic mass is 19.1. The van der Waals surface area contributed by atoms with Gasteiger partial charge in [0.1, 0.15) is 5.75 Å². The van der Waals surface area contributed by atoms with Crippen molar-refractivity contribution in [2.75, 3.05) is 0 Å². The van der Waals surface area contributed by atoms with Crippen LogP contribution < -0.4 is 4.74 Å². The molecule has 2 aromatic carbocycles. The molecule has 21 heavy (non-hydrogen) atoms. The third kappa shape index (κ3) is 3.48. The van der Waals surface area contributed by atoms with Gasteiger partial charge in [-0.3, -0.25) is 4.79 Å². The van der Waals surface area contributed by atoms with Crippen molar-refractivity contribution in [3.05, 3.63) is 59.4 Å². The van der Waals surface area contributed by atoms with E-state index in [1.54, 1.807) is 12.1 Å². The Hall–Kier alpha value is -2.16. The highest BCUT2D eigenvalue weighted by Gasteiger charge is 2.17. The summed E-state index contributed by atoms with van der Waals surface area (Å²) in [5.74, 6) is -0.258. The quantitative estimate of drug-likeness (QED) is 0.732. The minimum absolute atomic E-state index is 0.0175. The second-order valence-electron chi connectivity index (χ2n) is 6.05. The molecule has 0 N–H and O–H groups in total. The third-order valence-electron chi connectivity index (χ3n) is 3.27. The molecule has 3 heteroatoms. The normalized spacial score (nSPS) is 11.3. The van der Waals surface area contributed by atoms with Gasteiger partial charge in [0.25, 0.3) is 0 Å². The van der Waals surface area contributed by atoms with E-state index in [0.29, 0.717) is 5.75 Å². The van der Waals surface area contributed by atoms with Crippen LogP contribution in [0.2, 0.25) is 0 Å². The van der Waals surface area contributed by atoms with Crippen LogP contribution in [0.1, 0.15) is 43.6 Å². The van der Waals surface area contributed by atoms with Crippen LogP contribution in [0.15, 0.2) is 42.5 Å². The summed E-state index contributed by atoms with van der Waals surface area (Å²) in [4.78, 5) is 11.6. The molecular weight excluding hydrogens is 267 g/mol. The molecule has 0 atom stereocenters. The van der Waals surface area contributed by atoms with Crippen molar-refractivity contribution in [2.45, 2.75) is 33.1 Å². The summed E-state index contributed by atoms with van der Waals surface area (Å²) >= 11 is 0. The van der Waals surface area contributed by atoms with Crippen LogP contribution in [0.3, 0.4) is 0 Å². The second-order valence-corrected chi connectivity index (χ2v) is 6.05. The fraction of sp³-hybridized carbons (Fsp3) is 0.278. The summed E-state index contributed by atoms with van der Waals surface area (Å²) in [5, 5.41) is 0. The lowest BCUT2D eigenvalue weighted by Crippen LogP contribution is -2.10. The van der Waals surface area contributed by atoms with E-state index in [0.717, 1.165) is 5.56 Å². The predicted molar refractivity (Wildman–Crippen MR) is 81.6 cm³/mol. The lowest BCUT2D eigenvalue weighted by Gasteiger charge is -2.20. The summed E-state index contributed by atoms with van der Waals surface area (Å²) in [6, 6.07) is 11.8. The highest BCUT2D eigenvalue weighted by Crippen LogP contribution is 2.31. The molecule has 2 nitrogen and oxygen atoms in total. The Bertz CT molecular complexity index is 669. The average Bonchev–Trinajstić information content (AvgIpc) is 2.40. The molecular formula is C18H19FO2. The number of ketones is 1. The van der Waals surface area contributed by atoms with E-state index in [1.807, 2.05) is 18.2 Å². The monoisotopic (exact) mass is 286 g/mol. The van der Waals surface area contributed by atoms with Crippen LogP contribution in [0.25, 0.3) is 0 Å². The fourth-order valence-corrected chi connectivity index (χ4v) is 2.03. The van der Waals surface area contributed by atoms with Gasteiger partial charge in [-0.15, -0.1) is 0 Å². The largest absolute Gasteiger partial charge is 0.454 e. The lowest BCUT2D eigenvalue weighted by molar-refractivity contribution is 0.101. The number of hydrogen-bond acceptors (Lipinski definition) is 2. The Kier molecular flexibility index (Phi) is 4.12. The number of carbonyl (C=O) groups is 1. The van der Waals surface area contributed by atoms with E-state index in [4.69, 9.17) is 4.74 Å². The van der Waals surface area contributed by atoms with Crippen molar-refractivity contribution in [3.8, 4) is 11.5 Å². The number of Topliss-reactive ketones (excluding diaryl/α,β-unsaturated/α-hetero) is 1. The molecule has 0 fully saturated rings. The first-order valence-electron chi connectivity index (χ1n) is 6.87. The molecule has 0 aliphatic carbocycles. The minimum Gasteiger partial charge on any atom is -0.454 e. The predicted octanol–water partition coefficient (Wildman–Crippen LogP) is 5.12. The molecule has 0 radical (unpaired) electrons. The molecule has 0 amide bonds. The van der Waals surface area contributed by atoms with Gasteiger partial charge in [0.05, 0.1) is 5.56 Å². The standard InChI is InChI=1S/C18H19FO2/c1-12(20)15-9-6-10-16(19)17(15)21-14-8-5-7-13(11-14)18(2,3)4/h5-11H,1-4H3. The zero-order valence-electron chi connectivity index (χ0n) is 12.7. The van der Waals surface area contributed by atoms with Crippen LogP contribution in [-0.4, -0.2) is 5.78 Å². The van der Waals surface area contributed by atoms with Crippen molar-refractivity contribution in [3.63, 3.8) is 0 Å². The summed E-state index contributed by atoms with van der Waals surface area (Å²) in [5.41, 5.74) is 1.30. The number of halogens is 1. The van der Waals surface area contributed by atoms with Crippen LogP contribution in [0, 0.1) is 5.82 Å². The number of para-hydroxylation sites is 1. The van der Waals surface area contributed by atoms with Gasteiger partial charge >= 0.3 is 0 Å². The summed E-state index contributed by atoms with van der Waals surface area (Å²) in [6.07, 6.45) is 0. The van der Waals surface area contributed by atoms with Gasteiger partial charge in [0.2, 0.25) is 0 Å². The van der Waals surface area contributed by atoms with E-state index in [2.05, 4.69) is 20.8 Å². The molecule has 0 bridgehead atoms. The molecule has 2 rings (SSSR count). The summed E-state index contributed by atoms with van der Waals surface area (Å²) in [6.45, 7) is 7.68. The number of ether oxygens (including phenoxy) is 1. The Balaban J connectivity index is 2.42. The van der Waals surface area contributed by atoms with Crippen LogP contribution >= 0.6 is 0 Å². The van der Waals surface area contributed by atoms with Gasteiger partial charge < -0.3 is 4.74 Å². The zero-order valence-corrected chi connectivity index (χ0v) is 12.7.